The molecule has 0 spiro atoms. The van der Waals surface area contributed by atoms with Gasteiger partial charge < -0.3 is 10.6 Å². The average Bonchev–Trinajstić information content (AvgIpc) is 2.10. The monoisotopic (exact) mass is 182 g/mol. The third-order valence-electron chi connectivity index (χ3n) is 1.44. The van der Waals surface area contributed by atoms with Crippen LogP contribution >= 0.6 is 0 Å². The van der Waals surface area contributed by atoms with Gasteiger partial charge in [0, 0.05) is 6.92 Å². The number of hydrogen-bond acceptors (Lipinski definition) is 2. The molecule has 0 bridgehead atoms. The molecule has 0 aromatic rings. The maximum Gasteiger partial charge on any atom is 0.240 e. The van der Waals surface area contributed by atoms with Gasteiger partial charge in [-0.25, -0.2) is 0 Å². The lowest BCUT2D eigenvalue weighted by Crippen LogP contribution is -2.40. The Morgan fingerprint density at radius 3 is 2.54 bits per heavy atom. The van der Waals surface area contributed by atoms with E-state index in [0.29, 0.717) is 6.42 Å². The minimum atomic E-state index is -0.264. The van der Waals surface area contributed by atoms with E-state index in [1.54, 1.807) is 0 Å². The Morgan fingerprint density at radius 2 is 2.15 bits per heavy atom. The second-order valence-electron chi connectivity index (χ2n) is 2.60. The molecule has 2 N–H and O–H groups in total. The number of hydrogen-bond donors (Lipinski definition) is 2. The number of terminal acetylenes is 1. The highest BCUT2D eigenvalue weighted by Crippen LogP contribution is 1.86. The first kappa shape index (κ1) is 11.5. The van der Waals surface area contributed by atoms with Crippen LogP contribution in [0, 0.1) is 12.3 Å². The number of carbonyl (C=O) groups excluding carboxylic acids is 2. The van der Waals surface area contributed by atoms with Crippen LogP contribution in [0.2, 0.25) is 0 Å². The van der Waals surface area contributed by atoms with Crippen LogP contribution in [0.1, 0.15) is 20.3 Å². The molecule has 0 aliphatic rings. The molecule has 4 heteroatoms. The predicted molar refractivity (Wildman–Crippen MR) is 49.7 cm³/mol. The molecule has 0 heterocycles. The molecule has 0 aliphatic heterocycles. The smallest absolute Gasteiger partial charge is 0.240 e. The molecule has 0 saturated heterocycles. The Morgan fingerprint density at radius 1 is 1.54 bits per heavy atom. The van der Waals surface area contributed by atoms with Gasteiger partial charge in [0.1, 0.15) is 0 Å². The first-order valence-electron chi connectivity index (χ1n) is 4.10. The summed E-state index contributed by atoms with van der Waals surface area (Å²) < 4.78 is 0. The highest BCUT2D eigenvalue weighted by Gasteiger charge is 2.06. The van der Waals surface area contributed by atoms with E-state index in [4.69, 9.17) is 6.42 Å². The van der Waals surface area contributed by atoms with Crippen LogP contribution in [0.25, 0.3) is 0 Å². The number of amides is 2. The van der Waals surface area contributed by atoms with Crippen molar-refractivity contribution in [3.63, 3.8) is 0 Å². The normalized spacial score (nSPS) is 11.2. The van der Waals surface area contributed by atoms with Crippen molar-refractivity contribution in [2.24, 2.45) is 0 Å². The fourth-order valence-electron chi connectivity index (χ4n) is 0.712. The summed E-state index contributed by atoms with van der Waals surface area (Å²) in [6.45, 7) is 3.21. The number of nitrogens with one attached hydrogen (secondary N) is 2. The Balaban J connectivity index is 3.74. The molecule has 0 aromatic carbocycles. The Labute approximate surface area is 78.1 Å². The van der Waals surface area contributed by atoms with E-state index in [2.05, 4.69) is 16.6 Å². The van der Waals surface area contributed by atoms with Crippen LogP contribution in [-0.4, -0.2) is 24.4 Å². The summed E-state index contributed by atoms with van der Waals surface area (Å²) in [5.41, 5.74) is 0. The molecule has 13 heavy (non-hydrogen) atoms. The quantitative estimate of drug-likeness (QED) is 0.584. The lowest BCUT2D eigenvalue weighted by atomic mass is 10.2. The van der Waals surface area contributed by atoms with Crippen LogP contribution in [0.15, 0.2) is 0 Å². The number of carbonyl (C=O) groups is 2. The van der Waals surface area contributed by atoms with E-state index >= 15 is 0 Å². The zero-order valence-corrected chi connectivity index (χ0v) is 7.89. The molecular weight excluding hydrogens is 168 g/mol. The molecule has 0 rings (SSSR count). The molecule has 72 valence electrons. The maximum atomic E-state index is 11.1. The van der Waals surface area contributed by atoms with Crippen molar-refractivity contribution in [3.05, 3.63) is 0 Å². The second kappa shape index (κ2) is 6.06. The standard InChI is InChI=1S/C9H14N2O2/c1-4-8(5-2)11-9(13)6-10-7(3)12/h1,8H,5-6H2,2-3H3,(H,10,12)(H,11,13). The summed E-state index contributed by atoms with van der Waals surface area (Å²) in [6, 6.07) is -0.249. The van der Waals surface area contributed by atoms with E-state index in [-0.39, 0.29) is 24.4 Å². The van der Waals surface area contributed by atoms with Crippen molar-refractivity contribution in [2.75, 3.05) is 6.54 Å². The molecule has 0 aliphatic carbocycles. The van der Waals surface area contributed by atoms with Gasteiger partial charge in [-0.15, -0.1) is 6.42 Å². The van der Waals surface area contributed by atoms with Crippen molar-refractivity contribution in [1.82, 2.24) is 10.6 Å². The second-order valence-corrected chi connectivity index (χ2v) is 2.60. The van der Waals surface area contributed by atoms with Gasteiger partial charge in [0.2, 0.25) is 11.8 Å². The van der Waals surface area contributed by atoms with Gasteiger partial charge in [-0.1, -0.05) is 12.8 Å². The maximum absolute atomic E-state index is 11.1. The van der Waals surface area contributed by atoms with Crippen LogP contribution < -0.4 is 10.6 Å². The highest BCUT2D eigenvalue weighted by molar-refractivity contribution is 5.83. The SMILES string of the molecule is C#CC(CC)NC(=O)CNC(C)=O. The van der Waals surface area contributed by atoms with Crippen molar-refractivity contribution < 1.29 is 9.59 Å². The topological polar surface area (TPSA) is 58.2 Å². The molecule has 0 radical (unpaired) electrons. The molecule has 0 aromatic heterocycles. The highest BCUT2D eigenvalue weighted by atomic mass is 16.2. The number of rotatable bonds is 4. The fourth-order valence-corrected chi connectivity index (χ4v) is 0.712. The van der Waals surface area contributed by atoms with Crippen LogP contribution in [0.3, 0.4) is 0 Å². The van der Waals surface area contributed by atoms with Crippen LogP contribution in [0.4, 0.5) is 0 Å². The zero-order valence-electron chi connectivity index (χ0n) is 7.89. The summed E-state index contributed by atoms with van der Waals surface area (Å²) in [4.78, 5) is 21.5. The molecule has 1 unspecified atom stereocenters. The van der Waals surface area contributed by atoms with Crippen molar-refractivity contribution >= 4 is 11.8 Å². The van der Waals surface area contributed by atoms with Crippen molar-refractivity contribution in [1.29, 1.82) is 0 Å². The molecule has 0 saturated carbocycles. The van der Waals surface area contributed by atoms with Crippen LogP contribution in [0.5, 0.6) is 0 Å². The van der Waals surface area contributed by atoms with Gasteiger partial charge in [0.05, 0.1) is 12.6 Å². The van der Waals surface area contributed by atoms with Crippen molar-refractivity contribution in [3.8, 4) is 12.3 Å². The lowest BCUT2D eigenvalue weighted by molar-refractivity contribution is -0.125. The van der Waals surface area contributed by atoms with Gasteiger partial charge in [-0.05, 0) is 6.42 Å². The molecule has 2 amide bonds. The Kier molecular flexibility index (Phi) is 5.37. The molecular formula is C9H14N2O2. The van der Waals surface area contributed by atoms with Crippen LogP contribution in [-0.2, 0) is 9.59 Å². The third-order valence-corrected chi connectivity index (χ3v) is 1.44. The Bertz CT molecular complexity index is 230. The summed E-state index contributed by atoms with van der Waals surface area (Å²) >= 11 is 0. The first-order chi connectivity index (χ1) is 6.10. The summed E-state index contributed by atoms with van der Waals surface area (Å²) in [5, 5.41) is 4.96. The predicted octanol–water partition coefficient (Wildman–Crippen LogP) is -0.350. The third kappa shape index (κ3) is 5.74. The largest absolute Gasteiger partial charge is 0.347 e. The van der Waals surface area contributed by atoms with Gasteiger partial charge in [0.15, 0.2) is 0 Å². The molecule has 4 nitrogen and oxygen atoms in total. The van der Waals surface area contributed by atoms with E-state index in [0.717, 1.165) is 0 Å². The van der Waals surface area contributed by atoms with Crippen molar-refractivity contribution in [2.45, 2.75) is 26.3 Å². The summed E-state index contributed by atoms with van der Waals surface area (Å²) in [7, 11) is 0. The zero-order chi connectivity index (χ0) is 10.3. The van der Waals surface area contributed by atoms with Gasteiger partial charge in [0.25, 0.3) is 0 Å². The lowest BCUT2D eigenvalue weighted by Gasteiger charge is -2.10. The van der Waals surface area contributed by atoms with E-state index in [1.807, 2.05) is 6.92 Å². The van der Waals surface area contributed by atoms with E-state index < -0.39 is 0 Å². The average molecular weight is 182 g/mol. The summed E-state index contributed by atoms with van der Waals surface area (Å²) in [5.74, 6) is 1.93. The fraction of sp³-hybridized carbons (Fsp3) is 0.556. The minimum absolute atomic E-state index is 0.0203. The Hall–Kier alpha value is -1.50. The van der Waals surface area contributed by atoms with E-state index in [9.17, 15) is 9.59 Å². The minimum Gasteiger partial charge on any atom is -0.347 e. The van der Waals surface area contributed by atoms with Gasteiger partial charge >= 0.3 is 0 Å². The van der Waals surface area contributed by atoms with E-state index in [1.165, 1.54) is 6.92 Å². The van der Waals surface area contributed by atoms with Gasteiger partial charge in [-0.3, -0.25) is 9.59 Å². The summed E-state index contributed by atoms with van der Waals surface area (Å²) in [6.07, 6.45) is 5.82. The van der Waals surface area contributed by atoms with Gasteiger partial charge in [-0.2, -0.15) is 0 Å². The first-order valence-corrected chi connectivity index (χ1v) is 4.10. The molecule has 0 fully saturated rings. The molecule has 1 atom stereocenters.